The van der Waals surface area contributed by atoms with Crippen molar-refractivity contribution in [1.29, 1.82) is 0 Å². The largest absolute Gasteiger partial charge is 0.378 e. The predicted octanol–water partition coefficient (Wildman–Crippen LogP) is 3.35. The monoisotopic (exact) mass is 269 g/mol. The normalized spacial score (nSPS) is 24.7. The molecule has 1 heterocycles. The SMILES string of the molecule is CCNC(c1cc(F)c(C)cc1F)C1COC(C)C1. The maximum Gasteiger partial charge on any atom is 0.128 e. The summed E-state index contributed by atoms with van der Waals surface area (Å²) in [4.78, 5) is 0. The molecule has 1 aliphatic heterocycles. The molecule has 3 unspecified atom stereocenters. The number of benzene rings is 1. The summed E-state index contributed by atoms with van der Waals surface area (Å²) in [5, 5.41) is 3.26. The van der Waals surface area contributed by atoms with Crippen LogP contribution in [0.2, 0.25) is 0 Å². The molecule has 0 bridgehead atoms. The van der Waals surface area contributed by atoms with Crippen LogP contribution < -0.4 is 5.32 Å². The van der Waals surface area contributed by atoms with E-state index in [2.05, 4.69) is 5.32 Å². The molecule has 1 aromatic carbocycles. The van der Waals surface area contributed by atoms with Crippen LogP contribution in [0, 0.1) is 24.5 Å². The van der Waals surface area contributed by atoms with Gasteiger partial charge < -0.3 is 10.1 Å². The van der Waals surface area contributed by atoms with Gasteiger partial charge in [0.2, 0.25) is 0 Å². The van der Waals surface area contributed by atoms with E-state index in [9.17, 15) is 8.78 Å². The lowest BCUT2D eigenvalue weighted by molar-refractivity contribution is 0.116. The lowest BCUT2D eigenvalue weighted by atomic mass is 9.90. The molecule has 1 aromatic rings. The minimum absolute atomic E-state index is 0.185. The molecule has 19 heavy (non-hydrogen) atoms. The molecule has 4 heteroatoms. The first-order valence-corrected chi connectivity index (χ1v) is 6.83. The highest BCUT2D eigenvalue weighted by atomic mass is 19.1. The number of hydrogen-bond donors (Lipinski definition) is 1. The van der Waals surface area contributed by atoms with E-state index in [0.29, 0.717) is 24.3 Å². The van der Waals surface area contributed by atoms with Crippen LogP contribution in [-0.4, -0.2) is 19.3 Å². The third-order valence-corrected chi connectivity index (χ3v) is 3.74. The molecule has 0 aromatic heterocycles. The number of hydrogen-bond acceptors (Lipinski definition) is 2. The van der Waals surface area contributed by atoms with Crippen LogP contribution in [0.25, 0.3) is 0 Å². The Labute approximate surface area is 113 Å². The summed E-state index contributed by atoms with van der Waals surface area (Å²) in [7, 11) is 0. The first-order valence-electron chi connectivity index (χ1n) is 6.83. The molecule has 1 fully saturated rings. The molecule has 0 saturated carbocycles. The summed E-state index contributed by atoms with van der Waals surface area (Å²) in [6.45, 7) is 6.85. The molecule has 2 rings (SSSR count). The first-order chi connectivity index (χ1) is 9.02. The minimum Gasteiger partial charge on any atom is -0.378 e. The highest BCUT2D eigenvalue weighted by Crippen LogP contribution is 2.33. The van der Waals surface area contributed by atoms with Crippen molar-refractivity contribution in [1.82, 2.24) is 5.32 Å². The Bertz CT molecular complexity index is 450. The maximum absolute atomic E-state index is 14.1. The van der Waals surface area contributed by atoms with E-state index < -0.39 is 0 Å². The summed E-state index contributed by atoms with van der Waals surface area (Å²) in [5.41, 5.74) is 0.750. The summed E-state index contributed by atoms with van der Waals surface area (Å²) in [5.74, 6) is -0.512. The fourth-order valence-corrected chi connectivity index (χ4v) is 2.73. The average molecular weight is 269 g/mol. The number of halogens is 2. The third-order valence-electron chi connectivity index (χ3n) is 3.74. The van der Waals surface area contributed by atoms with E-state index >= 15 is 0 Å². The summed E-state index contributed by atoms with van der Waals surface area (Å²) in [6.07, 6.45) is 1.05. The molecule has 1 N–H and O–H groups in total. The molecule has 0 radical (unpaired) electrons. The zero-order valence-corrected chi connectivity index (χ0v) is 11.7. The van der Waals surface area contributed by atoms with Gasteiger partial charge >= 0.3 is 0 Å². The maximum atomic E-state index is 14.1. The van der Waals surface area contributed by atoms with E-state index in [-0.39, 0.29) is 29.7 Å². The standard InChI is InChI=1S/C15H21F2NO/c1-4-18-15(11-6-10(3)19-8-11)12-7-13(16)9(2)5-14(12)17/h5,7,10-11,15,18H,4,6,8H2,1-3H3. The van der Waals surface area contributed by atoms with Gasteiger partial charge in [-0.1, -0.05) is 6.92 Å². The number of nitrogens with one attached hydrogen (secondary N) is 1. The molecule has 106 valence electrons. The Morgan fingerprint density at radius 3 is 2.68 bits per heavy atom. The topological polar surface area (TPSA) is 21.3 Å². The van der Waals surface area contributed by atoms with E-state index in [0.717, 1.165) is 6.42 Å². The van der Waals surface area contributed by atoms with Crippen molar-refractivity contribution in [2.75, 3.05) is 13.2 Å². The van der Waals surface area contributed by atoms with Crippen molar-refractivity contribution in [3.8, 4) is 0 Å². The fraction of sp³-hybridized carbons (Fsp3) is 0.600. The van der Waals surface area contributed by atoms with E-state index in [1.165, 1.54) is 12.1 Å². The van der Waals surface area contributed by atoms with Crippen LogP contribution >= 0.6 is 0 Å². The van der Waals surface area contributed by atoms with Crippen molar-refractivity contribution in [2.24, 2.45) is 5.92 Å². The van der Waals surface area contributed by atoms with Gasteiger partial charge in [-0.05, 0) is 44.5 Å². The van der Waals surface area contributed by atoms with Crippen LogP contribution in [-0.2, 0) is 4.74 Å². The second-order valence-corrected chi connectivity index (χ2v) is 5.30. The average Bonchev–Trinajstić information content (AvgIpc) is 2.78. The zero-order chi connectivity index (χ0) is 14.0. The molecule has 0 aliphatic carbocycles. The molecular formula is C15H21F2NO. The molecule has 1 aliphatic rings. The van der Waals surface area contributed by atoms with Crippen LogP contribution in [0.3, 0.4) is 0 Å². The second kappa shape index (κ2) is 5.97. The summed E-state index contributed by atoms with van der Waals surface area (Å²) < 4.78 is 33.4. The Morgan fingerprint density at radius 2 is 2.11 bits per heavy atom. The van der Waals surface area contributed by atoms with Gasteiger partial charge in [0.25, 0.3) is 0 Å². The number of rotatable bonds is 4. The molecule has 3 atom stereocenters. The molecular weight excluding hydrogens is 248 g/mol. The lowest BCUT2D eigenvalue weighted by Gasteiger charge is -2.24. The van der Waals surface area contributed by atoms with E-state index in [1.54, 1.807) is 6.92 Å². The number of aryl methyl sites for hydroxylation is 1. The van der Waals surface area contributed by atoms with Gasteiger partial charge in [-0.2, -0.15) is 0 Å². The minimum atomic E-state index is -0.355. The van der Waals surface area contributed by atoms with E-state index in [1.807, 2.05) is 13.8 Å². The Hall–Kier alpha value is -1.00. The number of ether oxygens (including phenoxy) is 1. The Balaban J connectivity index is 2.30. The van der Waals surface area contributed by atoms with Crippen LogP contribution in [0.5, 0.6) is 0 Å². The molecule has 2 nitrogen and oxygen atoms in total. The Kier molecular flexibility index (Phi) is 4.53. The van der Waals surface area contributed by atoms with Crippen molar-refractivity contribution < 1.29 is 13.5 Å². The lowest BCUT2D eigenvalue weighted by Crippen LogP contribution is -2.29. The highest BCUT2D eigenvalue weighted by Gasteiger charge is 2.32. The summed E-state index contributed by atoms with van der Waals surface area (Å²) >= 11 is 0. The van der Waals surface area contributed by atoms with Crippen molar-refractivity contribution in [2.45, 2.75) is 39.3 Å². The summed E-state index contributed by atoms with van der Waals surface area (Å²) in [6, 6.07) is 2.40. The van der Waals surface area contributed by atoms with Gasteiger partial charge in [0, 0.05) is 17.5 Å². The van der Waals surface area contributed by atoms with Gasteiger partial charge in [-0.15, -0.1) is 0 Å². The van der Waals surface area contributed by atoms with Crippen LogP contribution in [0.15, 0.2) is 12.1 Å². The molecule has 0 amide bonds. The van der Waals surface area contributed by atoms with Crippen LogP contribution in [0.1, 0.15) is 37.4 Å². The van der Waals surface area contributed by atoms with Crippen LogP contribution in [0.4, 0.5) is 8.78 Å². The fourth-order valence-electron chi connectivity index (χ4n) is 2.73. The van der Waals surface area contributed by atoms with Gasteiger partial charge in [0.05, 0.1) is 12.7 Å². The quantitative estimate of drug-likeness (QED) is 0.905. The predicted molar refractivity (Wildman–Crippen MR) is 71.0 cm³/mol. The third kappa shape index (κ3) is 3.12. The van der Waals surface area contributed by atoms with Crippen molar-refractivity contribution >= 4 is 0 Å². The van der Waals surface area contributed by atoms with Gasteiger partial charge in [0.1, 0.15) is 11.6 Å². The van der Waals surface area contributed by atoms with Gasteiger partial charge in [-0.25, -0.2) is 8.78 Å². The van der Waals surface area contributed by atoms with E-state index in [4.69, 9.17) is 4.74 Å². The van der Waals surface area contributed by atoms with Crippen molar-refractivity contribution in [3.05, 3.63) is 34.9 Å². The molecule has 1 saturated heterocycles. The highest BCUT2D eigenvalue weighted by molar-refractivity contribution is 5.28. The second-order valence-electron chi connectivity index (χ2n) is 5.30. The van der Waals surface area contributed by atoms with Gasteiger partial charge in [0.15, 0.2) is 0 Å². The van der Waals surface area contributed by atoms with Crippen molar-refractivity contribution in [3.63, 3.8) is 0 Å². The zero-order valence-electron chi connectivity index (χ0n) is 11.7. The smallest absolute Gasteiger partial charge is 0.128 e. The molecule has 0 spiro atoms. The Morgan fingerprint density at radius 1 is 1.37 bits per heavy atom. The first kappa shape index (κ1) is 14.4. The van der Waals surface area contributed by atoms with Gasteiger partial charge in [-0.3, -0.25) is 0 Å².